The van der Waals surface area contributed by atoms with Crippen LogP contribution in [0.2, 0.25) is 0 Å². The zero-order chi connectivity index (χ0) is 20.5. The number of benzene rings is 2. The number of fused-ring (bicyclic) bond motifs is 1. The van der Waals surface area contributed by atoms with Gasteiger partial charge < -0.3 is 4.42 Å². The summed E-state index contributed by atoms with van der Waals surface area (Å²) in [4.78, 5) is 21.9. The van der Waals surface area contributed by atoms with E-state index >= 15 is 0 Å². The van der Waals surface area contributed by atoms with E-state index in [1.54, 1.807) is 24.5 Å². The van der Waals surface area contributed by atoms with Crippen LogP contribution in [0.15, 0.2) is 82.8 Å². The molecule has 6 heteroatoms. The van der Waals surface area contributed by atoms with Gasteiger partial charge in [-0.25, -0.2) is 5.01 Å². The summed E-state index contributed by atoms with van der Waals surface area (Å²) in [7, 11) is 0. The highest BCUT2D eigenvalue weighted by atomic mass is 16.3. The van der Waals surface area contributed by atoms with Crippen molar-refractivity contribution in [3.8, 4) is 0 Å². The van der Waals surface area contributed by atoms with Gasteiger partial charge in [-0.2, -0.15) is 5.10 Å². The maximum absolute atomic E-state index is 13.1. The third-order valence-electron chi connectivity index (χ3n) is 5.42. The molecule has 0 N–H and O–H groups in total. The molecule has 0 aliphatic carbocycles. The van der Waals surface area contributed by atoms with E-state index in [9.17, 15) is 4.79 Å². The molecule has 1 atom stereocenters. The minimum Gasteiger partial charge on any atom is -0.459 e. The lowest BCUT2D eigenvalue weighted by Gasteiger charge is -2.21. The molecule has 3 heterocycles. The minimum absolute atomic E-state index is 0.241. The van der Waals surface area contributed by atoms with Crippen LogP contribution >= 0.6 is 0 Å². The van der Waals surface area contributed by atoms with E-state index < -0.39 is 0 Å². The molecule has 6 nitrogen and oxygen atoms in total. The van der Waals surface area contributed by atoms with Crippen LogP contribution in [0.25, 0.3) is 11.0 Å². The van der Waals surface area contributed by atoms with Gasteiger partial charge in [0.1, 0.15) is 0 Å². The summed E-state index contributed by atoms with van der Waals surface area (Å²) in [6.07, 6.45) is 6.44. The number of carbonyl (C=O) groups is 1. The van der Waals surface area contributed by atoms with E-state index in [0.29, 0.717) is 6.42 Å². The SMILES string of the molecule is CCc1ccc(C2=NN(C(=O)c3ccco3)[C@H](c3ccc4nccnc4c3)C2)cc1. The molecular weight excluding hydrogens is 376 g/mol. The molecule has 5 rings (SSSR count). The standard InChI is InChI=1S/C24H20N4O2/c1-2-16-5-7-17(8-6-16)20-15-22(28(27-20)24(29)23-4-3-13-30-23)18-9-10-19-21(14-18)26-12-11-25-19/h3-14,22H,2,15H2,1H3/t22-/m0/s1. The number of nitrogens with zero attached hydrogens (tertiary/aromatic N) is 4. The summed E-state index contributed by atoms with van der Waals surface area (Å²) >= 11 is 0. The number of aromatic nitrogens is 2. The van der Waals surface area contributed by atoms with Gasteiger partial charge in [-0.3, -0.25) is 14.8 Å². The second-order valence-corrected chi connectivity index (χ2v) is 7.25. The van der Waals surface area contributed by atoms with E-state index in [1.165, 1.54) is 16.8 Å². The quantitative estimate of drug-likeness (QED) is 0.498. The van der Waals surface area contributed by atoms with Gasteiger partial charge in [0.05, 0.1) is 29.1 Å². The zero-order valence-corrected chi connectivity index (χ0v) is 16.5. The van der Waals surface area contributed by atoms with Crippen molar-refractivity contribution >= 4 is 22.7 Å². The molecule has 0 unspecified atom stereocenters. The Labute approximate surface area is 173 Å². The Morgan fingerprint density at radius 3 is 2.60 bits per heavy atom. The van der Waals surface area contributed by atoms with Crippen LogP contribution in [0.3, 0.4) is 0 Å². The average molecular weight is 396 g/mol. The second kappa shape index (κ2) is 7.55. The first kappa shape index (κ1) is 18.2. The van der Waals surface area contributed by atoms with Crippen molar-refractivity contribution < 1.29 is 9.21 Å². The van der Waals surface area contributed by atoms with Gasteiger partial charge in [0.15, 0.2) is 5.76 Å². The number of carbonyl (C=O) groups excluding carboxylic acids is 1. The molecular formula is C24H20N4O2. The molecule has 0 bridgehead atoms. The average Bonchev–Trinajstić information content (AvgIpc) is 3.49. The van der Waals surface area contributed by atoms with Crippen molar-refractivity contribution in [2.45, 2.75) is 25.8 Å². The molecule has 0 radical (unpaired) electrons. The van der Waals surface area contributed by atoms with Crippen LogP contribution in [0.4, 0.5) is 0 Å². The van der Waals surface area contributed by atoms with Gasteiger partial charge in [0.2, 0.25) is 0 Å². The Hall–Kier alpha value is -3.80. The van der Waals surface area contributed by atoms with Gasteiger partial charge in [0, 0.05) is 18.8 Å². The lowest BCUT2D eigenvalue weighted by Crippen LogP contribution is -2.26. The fourth-order valence-electron chi connectivity index (χ4n) is 3.77. The van der Waals surface area contributed by atoms with Crippen molar-refractivity contribution in [3.63, 3.8) is 0 Å². The Balaban J connectivity index is 1.54. The van der Waals surface area contributed by atoms with E-state index in [4.69, 9.17) is 9.52 Å². The van der Waals surface area contributed by atoms with Crippen molar-refractivity contribution in [3.05, 3.63) is 95.7 Å². The van der Waals surface area contributed by atoms with E-state index in [2.05, 4.69) is 41.2 Å². The molecule has 30 heavy (non-hydrogen) atoms. The number of hydrogen-bond acceptors (Lipinski definition) is 5. The Morgan fingerprint density at radius 2 is 1.87 bits per heavy atom. The second-order valence-electron chi connectivity index (χ2n) is 7.25. The maximum atomic E-state index is 13.1. The molecule has 0 saturated carbocycles. The van der Waals surface area contributed by atoms with E-state index in [1.807, 2.05) is 18.2 Å². The Morgan fingerprint density at radius 1 is 1.07 bits per heavy atom. The number of hydrogen-bond donors (Lipinski definition) is 0. The molecule has 148 valence electrons. The number of furan rings is 1. The highest BCUT2D eigenvalue weighted by Crippen LogP contribution is 2.35. The predicted octanol–water partition coefficient (Wildman–Crippen LogP) is 4.78. The fourth-order valence-corrected chi connectivity index (χ4v) is 3.77. The zero-order valence-electron chi connectivity index (χ0n) is 16.5. The number of amides is 1. The molecule has 0 fully saturated rings. The number of hydrazone groups is 1. The van der Waals surface area contributed by atoms with Gasteiger partial charge in [0.25, 0.3) is 0 Å². The first-order valence-corrected chi connectivity index (χ1v) is 9.97. The van der Waals surface area contributed by atoms with Crippen molar-refractivity contribution in [1.29, 1.82) is 0 Å². The predicted molar refractivity (Wildman–Crippen MR) is 114 cm³/mol. The monoisotopic (exact) mass is 396 g/mol. The van der Waals surface area contributed by atoms with E-state index in [-0.39, 0.29) is 17.7 Å². The van der Waals surface area contributed by atoms with Gasteiger partial charge in [-0.1, -0.05) is 37.3 Å². The van der Waals surface area contributed by atoms with Crippen molar-refractivity contribution in [2.24, 2.45) is 5.10 Å². The molecule has 4 aromatic rings. The largest absolute Gasteiger partial charge is 0.459 e. The molecule has 2 aromatic carbocycles. The van der Waals surface area contributed by atoms with Crippen LogP contribution in [0, 0.1) is 0 Å². The van der Waals surface area contributed by atoms with Gasteiger partial charge >= 0.3 is 5.91 Å². The summed E-state index contributed by atoms with van der Waals surface area (Å²) in [5.74, 6) is 0.0105. The van der Waals surface area contributed by atoms with Crippen LogP contribution in [-0.2, 0) is 6.42 Å². The summed E-state index contributed by atoms with van der Waals surface area (Å²) in [5.41, 5.74) is 5.74. The third-order valence-corrected chi connectivity index (χ3v) is 5.42. The minimum atomic E-state index is -0.260. The highest BCUT2D eigenvalue weighted by Gasteiger charge is 2.34. The summed E-state index contributed by atoms with van der Waals surface area (Å²) in [6, 6.07) is 17.4. The molecule has 1 aliphatic rings. The van der Waals surface area contributed by atoms with Crippen LogP contribution in [0.5, 0.6) is 0 Å². The lowest BCUT2D eigenvalue weighted by atomic mass is 9.97. The molecule has 0 spiro atoms. The topological polar surface area (TPSA) is 71.6 Å². The molecule has 1 aliphatic heterocycles. The Kier molecular flexibility index (Phi) is 4.59. The fraction of sp³-hybridized carbons (Fsp3) is 0.167. The molecule has 2 aromatic heterocycles. The maximum Gasteiger partial charge on any atom is 0.310 e. The van der Waals surface area contributed by atoms with Crippen molar-refractivity contribution in [1.82, 2.24) is 15.0 Å². The summed E-state index contributed by atoms with van der Waals surface area (Å²) in [5, 5.41) is 6.24. The highest BCUT2D eigenvalue weighted by molar-refractivity contribution is 6.04. The Bertz CT molecular complexity index is 1230. The molecule has 0 saturated heterocycles. The van der Waals surface area contributed by atoms with Crippen LogP contribution in [0.1, 0.15) is 46.6 Å². The van der Waals surface area contributed by atoms with Crippen LogP contribution in [-0.4, -0.2) is 26.6 Å². The summed E-state index contributed by atoms with van der Waals surface area (Å²) in [6.45, 7) is 2.13. The third kappa shape index (κ3) is 3.26. The first-order chi connectivity index (χ1) is 14.7. The van der Waals surface area contributed by atoms with E-state index in [0.717, 1.165) is 34.3 Å². The first-order valence-electron chi connectivity index (χ1n) is 9.97. The number of rotatable bonds is 4. The van der Waals surface area contributed by atoms with Crippen LogP contribution < -0.4 is 0 Å². The lowest BCUT2D eigenvalue weighted by molar-refractivity contribution is 0.0678. The normalized spacial score (nSPS) is 16.1. The summed E-state index contributed by atoms with van der Waals surface area (Å²) < 4.78 is 5.35. The van der Waals surface area contributed by atoms with Gasteiger partial charge in [-0.05, 0) is 47.4 Å². The molecule has 1 amide bonds. The smallest absolute Gasteiger partial charge is 0.310 e. The van der Waals surface area contributed by atoms with Gasteiger partial charge in [-0.15, -0.1) is 0 Å². The van der Waals surface area contributed by atoms with Crippen molar-refractivity contribution in [2.75, 3.05) is 0 Å². The number of aryl methyl sites for hydroxylation is 1.